The summed E-state index contributed by atoms with van der Waals surface area (Å²) in [6, 6.07) is 2.01. The van der Waals surface area contributed by atoms with Gasteiger partial charge in [0.15, 0.2) is 0 Å². The van der Waals surface area contributed by atoms with Crippen LogP contribution >= 0.6 is 11.6 Å². The zero-order valence-electron chi connectivity index (χ0n) is 10.5. The Labute approximate surface area is 108 Å². The number of nitrogens with zero attached hydrogens (tertiary/aromatic N) is 2. The predicted molar refractivity (Wildman–Crippen MR) is 71.2 cm³/mol. The van der Waals surface area contributed by atoms with Gasteiger partial charge in [0, 0.05) is 44.1 Å². The summed E-state index contributed by atoms with van der Waals surface area (Å²) < 4.78 is 0. The molecule has 0 aliphatic carbocycles. The third-order valence-electron chi connectivity index (χ3n) is 3.81. The molecule has 1 N–H and O–H groups in total. The third kappa shape index (κ3) is 2.79. The van der Waals surface area contributed by atoms with Crippen LogP contribution in [-0.4, -0.2) is 35.1 Å². The standard InChI is InChI=1S/C13H20ClN3/c1-3-13(2)10-16-6-7-17(13)9-11-4-5-15-8-12(11)14/h4-5,8,16H,3,6-7,9-10H2,1-2H3. The molecule has 1 fully saturated rings. The molecule has 1 unspecified atom stereocenters. The molecule has 4 heteroatoms. The molecular formula is C13H20ClN3. The summed E-state index contributed by atoms with van der Waals surface area (Å²) >= 11 is 6.17. The van der Waals surface area contributed by atoms with E-state index in [-0.39, 0.29) is 5.54 Å². The van der Waals surface area contributed by atoms with Gasteiger partial charge >= 0.3 is 0 Å². The molecule has 0 spiro atoms. The fraction of sp³-hybridized carbons (Fsp3) is 0.615. The van der Waals surface area contributed by atoms with Gasteiger partial charge in [-0.05, 0) is 25.0 Å². The monoisotopic (exact) mass is 253 g/mol. The van der Waals surface area contributed by atoms with Crippen molar-refractivity contribution in [1.29, 1.82) is 0 Å². The molecule has 3 nitrogen and oxygen atoms in total. The molecule has 1 saturated heterocycles. The number of piperazine rings is 1. The normalized spacial score (nSPS) is 26.1. The lowest BCUT2D eigenvalue weighted by atomic mass is 9.93. The van der Waals surface area contributed by atoms with Gasteiger partial charge in [-0.25, -0.2) is 0 Å². The van der Waals surface area contributed by atoms with Crippen molar-refractivity contribution in [1.82, 2.24) is 15.2 Å². The van der Waals surface area contributed by atoms with Gasteiger partial charge in [0.25, 0.3) is 0 Å². The summed E-state index contributed by atoms with van der Waals surface area (Å²) in [5, 5.41) is 4.24. The second kappa shape index (κ2) is 5.34. The lowest BCUT2D eigenvalue weighted by Crippen LogP contribution is -2.58. The van der Waals surface area contributed by atoms with Gasteiger partial charge in [0.1, 0.15) is 0 Å². The number of rotatable bonds is 3. The van der Waals surface area contributed by atoms with E-state index in [1.165, 1.54) is 5.56 Å². The van der Waals surface area contributed by atoms with Crippen LogP contribution < -0.4 is 5.32 Å². The van der Waals surface area contributed by atoms with E-state index in [4.69, 9.17) is 11.6 Å². The molecule has 17 heavy (non-hydrogen) atoms. The minimum absolute atomic E-state index is 0.227. The van der Waals surface area contributed by atoms with Crippen LogP contribution in [0.25, 0.3) is 0 Å². The summed E-state index contributed by atoms with van der Waals surface area (Å²) in [5.74, 6) is 0. The largest absolute Gasteiger partial charge is 0.314 e. The van der Waals surface area contributed by atoms with E-state index in [9.17, 15) is 0 Å². The van der Waals surface area contributed by atoms with Crippen molar-refractivity contribution < 1.29 is 0 Å². The Kier molecular flexibility index (Phi) is 4.02. The van der Waals surface area contributed by atoms with E-state index in [1.54, 1.807) is 6.20 Å². The predicted octanol–water partition coefficient (Wildman–Crippen LogP) is 2.31. The van der Waals surface area contributed by atoms with Gasteiger partial charge in [-0.2, -0.15) is 0 Å². The number of hydrogen-bond acceptors (Lipinski definition) is 3. The van der Waals surface area contributed by atoms with Crippen LogP contribution in [-0.2, 0) is 6.54 Å². The molecule has 0 saturated carbocycles. The van der Waals surface area contributed by atoms with Crippen molar-refractivity contribution in [3.63, 3.8) is 0 Å². The number of aromatic nitrogens is 1. The molecule has 94 valence electrons. The first kappa shape index (κ1) is 12.8. The molecule has 1 aromatic heterocycles. The smallest absolute Gasteiger partial charge is 0.0634 e. The first-order chi connectivity index (χ1) is 8.15. The van der Waals surface area contributed by atoms with Gasteiger partial charge in [-0.1, -0.05) is 18.5 Å². The van der Waals surface area contributed by atoms with Crippen molar-refractivity contribution in [2.24, 2.45) is 0 Å². The Morgan fingerprint density at radius 2 is 2.41 bits per heavy atom. The van der Waals surface area contributed by atoms with Gasteiger partial charge in [-0.3, -0.25) is 9.88 Å². The van der Waals surface area contributed by atoms with Crippen molar-refractivity contribution in [3.8, 4) is 0 Å². The Morgan fingerprint density at radius 1 is 1.59 bits per heavy atom. The molecular weight excluding hydrogens is 234 g/mol. The molecule has 0 radical (unpaired) electrons. The lowest BCUT2D eigenvalue weighted by molar-refractivity contribution is 0.0638. The first-order valence-corrected chi connectivity index (χ1v) is 6.57. The summed E-state index contributed by atoms with van der Waals surface area (Å²) in [5.41, 5.74) is 1.40. The van der Waals surface area contributed by atoms with Crippen LogP contribution in [0.1, 0.15) is 25.8 Å². The first-order valence-electron chi connectivity index (χ1n) is 6.20. The number of halogens is 1. The summed E-state index contributed by atoms with van der Waals surface area (Å²) in [4.78, 5) is 6.55. The SMILES string of the molecule is CCC1(C)CNCCN1Cc1ccncc1Cl. The number of hydrogen-bond donors (Lipinski definition) is 1. The van der Waals surface area contributed by atoms with E-state index < -0.39 is 0 Å². The highest BCUT2D eigenvalue weighted by Gasteiger charge is 2.32. The minimum atomic E-state index is 0.227. The van der Waals surface area contributed by atoms with Crippen molar-refractivity contribution in [3.05, 3.63) is 29.0 Å². The Bertz CT molecular complexity index is 383. The maximum atomic E-state index is 6.17. The molecule has 0 aromatic carbocycles. The van der Waals surface area contributed by atoms with Crippen molar-refractivity contribution in [2.75, 3.05) is 19.6 Å². The van der Waals surface area contributed by atoms with E-state index >= 15 is 0 Å². The van der Waals surface area contributed by atoms with Gasteiger partial charge < -0.3 is 5.32 Å². The van der Waals surface area contributed by atoms with Crippen LogP contribution in [0.5, 0.6) is 0 Å². The molecule has 1 aliphatic rings. The summed E-state index contributed by atoms with van der Waals surface area (Å²) in [6.45, 7) is 8.64. The molecule has 2 rings (SSSR count). The second-order valence-electron chi connectivity index (χ2n) is 4.92. The quantitative estimate of drug-likeness (QED) is 0.896. The van der Waals surface area contributed by atoms with E-state index in [0.29, 0.717) is 0 Å². The lowest BCUT2D eigenvalue weighted by Gasteiger charge is -2.45. The average molecular weight is 254 g/mol. The van der Waals surface area contributed by atoms with Crippen LogP contribution in [0.2, 0.25) is 5.02 Å². The molecule has 1 aliphatic heterocycles. The van der Waals surface area contributed by atoms with Crippen LogP contribution in [0.4, 0.5) is 0 Å². The zero-order valence-corrected chi connectivity index (χ0v) is 11.3. The van der Waals surface area contributed by atoms with Crippen molar-refractivity contribution in [2.45, 2.75) is 32.4 Å². The molecule has 1 atom stereocenters. The summed E-state index contributed by atoms with van der Waals surface area (Å²) in [6.07, 6.45) is 4.68. The molecule has 0 amide bonds. The van der Waals surface area contributed by atoms with Crippen molar-refractivity contribution >= 4 is 11.6 Å². The van der Waals surface area contributed by atoms with E-state index in [2.05, 4.69) is 29.0 Å². The molecule has 1 aromatic rings. The average Bonchev–Trinajstić information content (AvgIpc) is 2.35. The van der Waals surface area contributed by atoms with E-state index in [1.807, 2.05) is 12.3 Å². The minimum Gasteiger partial charge on any atom is -0.314 e. The maximum Gasteiger partial charge on any atom is 0.0634 e. The fourth-order valence-corrected chi connectivity index (χ4v) is 2.49. The number of pyridine rings is 1. The van der Waals surface area contributed by atoms with E-state index in [0.717, 1.165) is 37.6 Å². The van der Waals surface area contributed by atoms with Gasteiger partial charge in [-0.15, -0.1) is 0 Å². The van der Waals surface area contributed by atoms with Gasteiger partial charge in [0.05, 0.1) is 5.02 Å². The Balaban J connectivity index is 2.14. The Morgan fingerprint density at radius 3 is 3.12 bits per heavy atom. The van der Waals surface area contributed by atoms with Gasteiger partial charge in [0.2, 0.25) is 0 Å². The molecule has 0 bridgehead atoms. The maximum absolute atomic E-state index is 6.17. The third-order valence-corrected chi connectivity index (χ3v) is 4.15. The molecule has 2 heterocycles. The van der Waals surface area contributed by atoms with Crippen LogP contribution in [0.15, 0.2) is 18.5 Å². The highest BCUT2D eigenvalue weighted by molar-refractivity contribution is 6.31. The highest BCUT2D eigenvalue weighted by atomic mass is 35.5. The zero-order chi connectivity index (χ0) is 12.3. The topological polar surface area (TPSA) is 28.2 Å². The highest BCUT2D eigenvalue weighted by Crippen LogP contribution is 2.25. The summed E-state index contributed by atoms with van der Waals surface area (Å²) in [7, 11) is 0. The number of nitrogens with one attached hydrogen (secondary N) is 1. The Hall–Kier alpha value is -0.640. The fourth-order valence-electron chi connectivity index (χ4n) is 2.31. The van der Waals surface area contributed by atoms with Crippen LogP contribution in [0, 0.1) is 0 Å². The second-order valence-corrected chi connectivity index (χ2v) is 5.32. The van der Waals surface area contributed by atoms with Crippen LogP contribution in [0.3, 0.4) is 0 Å².